The van der Waals surface area contributed by atoms with Gasteiger partial charge >= 0.3 is 0 Å². The van der Waals surface area contributed by atoms with Crippen LogP contribution in [0.15, 0.2) is 53.8 Å². The maximum Gasteiger partial charge on any atom is 0.244 e. The number of benzene rings is 1. The predicted octanol–water partition coefficient (Wildman–Crippen LogP) is 2.89. The molecule has 0 saturated heterocycles. The Labute approximate surface area is 173 Å². The number of aromatic nitrogens is 3. The minimum atomic E-state index is -3.61. The molecule has 1 aromatic carbocycles. The van der Waals surface area contributed by atoms with Crippen LogP contribution in [0.25, 0.3) is 5.82 Å². The molecule has 0 unspecified atom stereocenters. The van der Waals surface area contributed by atoms with E-state index in [1.54, 1.807) is 13.8 Å². The minimum absolute atomic E-state index is 0.0608. The molecule has 29 heavy (non-hydrogen) atoms. The van der Waals surface area contributed by atoms with Crippen molar-refractivity contribution >= 4 is 27.4 Å². The van der Waals surface area contributed by atoms with Gasteiger partial charge in [0.05, 0.1) is 17.3 Å². The molecule has 0 amide bonds. The number of carbonyl (C=O) groups is 1. The van der Waals surface area contributed by atoms with Crippen molar-refractivity contribution < 1.29 is 18.3 Å². The minimum Gasteiger partial charge on any atom is -0.507 e. The van der Waals surface area contributed by atoms with E-state index in [9.17, 15) is 18.3 Å². The summed E-state index contributed by atoms with van der Waals surface area (Å²) in [5.41, 5.74) is 0.287. The Bertz CT molecular complexity index is 1140. The van der Waals surface area contributed by atoms with Crippen molar-refractivity contribution in [1.29, 1.82) is 0 Å². The Morgan fingerprint density at radius 1 is 1.17 bits per heavy atom. The van der Waals surface area contributed by atoms with Crippen molar-refractivity contribution in [3.8, 4) is 11.6 Å². The van der Waals surface area contributed by atoms with Crippen LogP contribution in [-0.4, -0.2) is 51.5 Å². The van der Waals surface area contributed by atoms with Gasteiger partial charge in [0, 0.05) is 30.5 Å². The van der Waals surface area contributed by atoms with Crippen molar-refractivity contribution in [1.82, 2.24) is 19.1 Å². The smallest absolute Gasteiger partial charge is 0.244 e. The first kappa shape index (κ1) is 21.0. The molecular weight excluding hydrogens is 416 g/mol. The highest BCUT2D eigenvalue weighted by molar-refractivity contribution is 7.89. The van der Waals surface area contributed by atoms with Crippen LogP contribution < -0.4 is 0 Å². The van der Waals surface area contributed by atoms with Gasteiger partial charge in [0.15, 0.2) is 11.6 Å². The van der Waals surface area contributed by atoms with Crippen LogP contribution in [0.3, 0.4) is 0 Å². The fourth-order valence-corrected chi connectivity index (χ4v) is 4.36. The first-order valence-corrected chi connectivity index (χ1v) is 10.6. The lowest BCUT2D eigenvalue weighted by atomic mass is 10.1. The van der Waals surface area contributed by atoms with E-state index in [0.29, 0.717) is 23.9 Å². The number of halogens is 1. The number of rotatable bonds is 7. The third-order valence-electron chi connectivity index (χ3n) is 4.35. The number of sulfonamides is 1. The van der Waals surface area contributed by atoms with Crippen molar-refractivity contribution in [2.75, 3.05) is 13.1 Å². The van der Waals surface area contributed by atoms with Crippen LogP contribution in [0, 0.1) is 0 Å². The maximum absolute atomic E-state index is 12.6. The third-order valence-corrected chi connectivity index (χ3v) is 6.62. The fraction of sp³-hybridized carbons (Fsp3) is 0.211. The molecule has 3 rings (SSSR count). The zero-order valence-electron chi connectivity index (χ0n) is 15.8. The Hall–Kier alpha value is -2.75. The van der Waals surface area contributed by atoms with E-state index >= 15 is 0 Å². The maximum atomic E-state index is 12.6. The fourth-order valence-electron chi connectivity index (χ4n) is 2.78. The Kier molecular flexibility index (Phi) is 6.02. The number of phenolic OH excluding ortho intramolecular Hbond substituents is 1. The summed E-state index contributed by atoms with van der Waals surface area (Å²) in [6.45, 7) is 4.26. The first-order valence-electron chi connectivity index (χ1n) is 8.82. The van der Waals surface area contributed by atoms with Gasteiger partial charge in [-0.1, -0.05) is 25.4 Å². The van der Waals surface area contributed by atoms with E-state index in [0.717, 1.165) is 0 Å². The molecule has 8 nitrogen and oxygen atoms in total. The van der Waals surface area contributed by atoms with Gasteiger partial charge in [-0.2, -0.15) is 9.40 Å². The molecular formula is C19H19ClN4O4S. The third kappa shape index (κ3) is 4.16. The highest BCUT2D eigenvalue weighted by Gasteiger charge is 2.22. The summed E-state index contributed by atoms with van der Waals surface area (Å²) in [7, 11) is -3.61. The van der Waals surface area contributed by atoms with E-state index in [4.69, 9.17) is 11.6 Å². The van der Waals surface area contributed by atoms with E-state index < -0.39 is 15.8 Å². The van der Waals surface area contributed by atoms with Crippen molar-refractivity contribution in [3.05, 3.63) is 65.1 Å². The molecule has 0 aliphatic rings. The number of aromatic hydroxyl groups is 1. The van der Waals surface area contributed by atoms with Crippen molar-refractivity contribution in [2.45, 2.75) is 18.7 Å². The quantitative estimate of drug-likeness (QED) is 0.573. The molecule has 0 aliphatic carbocycles. The Morgan fingerprint density at radius 2 is 1.90 bits per heavy atom. The van der Waals surface area contributed by atoms with Gasteiger partial charge in [0.1, 0.15) is 10.6 Å². The Morgan fingerprint density at radius 3 is 2.52 bits per heavy atom. The van der Waals surface area contributed by atoms with Gasteiger partial charge in [-0.15, -0.1) is 0 Å². The molecule has 0 aliphatic heterocycles. The molecule has 3 aromatic rings. The summed E-state index contributed by atoms with van der Waals surface area (Å²) < 4.78 is 27.8. The van der Waals surface area contributed by atoms with Crippen molar-refractivity contribution in [2.24, 2.45) is 0 Å². The van der Waals surface area contributed by atoms with Gasteiger partial charge in [-0.05, 0) is 30.3 Å². The standard InChI is InChI=1S/C19H19ClN4O4S/c1-3-23(4-2)29(27,28)15-6-8-18(21-11-15)24-12-13(10-22-24)19(26)16-9-14(20)5-7-17(16)25/h5-12,25H,3-4H2,1-2H3. The van der Waals surface area contributed by atoms with Crippen LogP contribution in [0.2, 0.25) is 5.02 Å². The number of ketones is 1. The molecule has 0 atom stereocenters. The van der Waals surface area contributed by atoms with E-state index in [-0.39, 0.29) is 21.8 Å². The predicted molar refractivity (Wildman–Crippen MR) is 108 cm³/mol. The van der Waals surface area contributed by atoms with Gasteiger partial charge in [0.25, 0.3) is 0 Å². The van der Waals surface area contributed by atoms with Crippen LogP contribution in [0.5, 0.6) is 5.75 Å². The van der Waals surface area contributed by atoms with Crippen LogP contribution in [0.1, 0.15) is 29.8 Å². The molecule has 0 fully saturated rings. The summed E-state index contributed by atoms with van der Waals surface area (Å²) in [4.78, 5) is 16.9. The highest BCUT2D eigenvalue weighted by Crippen LogP contribution is 2.24. The lowest BCUT2D eigenvalue weighted by Crippen LogP contribution is -2.30. The Balaban J connectivity index is 1.87. The summed E-state index contributed by atoms with van der Waals surface area (Å²) in [5.74, 6) is -0.286. The summed E-state index contributed by atoms with van der Waals surface area (Å²) in [6, 6.07) is 7.16. The number of carbonyl (C=O) groups excluding carboxylic acids is 1. The van der Waals surface area contributed by atoms with E-state index in [1.165, 1.54) is 57.9 Å². The molecule has 0 radical (unpaired) electrons. The molecule has 1 N–H and O–H groups in total. The molecule has 0 bridgehead atoms. The van der Waals surface area contributed by atoms with Gasteiger partial charge in [-0.3, -0.25) is 4.79 Å². The first-order chi connectivity index (χ1) is 13.8. The second kappa shape index (κ2) is 8.32. The number of pyridine rings is 1. The normalized spacial score (nSPS) is 11.7. The zero-order chi connectivity index (χ0) is 21.2. The van der Waals surface area contributed by atoms with Crippen LogP contribution >= 0.6 is 11.6 Å². The second-order valence-corrected chi connectivity index (χ2v) is 8.48. The summed E-state index contributed by atoms with van der Waals surface area (Å²) >= 11 is 5.90. The average molecular weight is 435 g/mol. The molecule has 2 aromatic heterocycles. The topological polar surface area (TPSA) is 105 Å². The lowest BCUT2D eigenvalue weighted by Gasteiger charge is -2.18. The zero-order valence-corrected chi connectivity index (χ0v) is 17.4. The summed E-state index contributed by atoms with van der Waals surface area (Å²) in [5, 5.41) is 14.3. The largest absolute Gasteiger partial charge is 0.507 e. The molecule has 152 valence electrons. The SMILES string of the molecule is CCN(CC)S(=O)(=O)c1ccc(-n2cc(C(=O)c3cc(Cl)ccc3O)cn2)nc1. The van der Waals surface area contributed by atoms with E-state index in [2.05, 4.69) is 10.1 Å². The van der Waals surface area contributed by atoms with Gasteiger partial charge in [-0.25, -0.2) is 18.1 Å². The average Bonchev–Trinajstić information content (AvgIpc) is 3.20. The van der Waals surface area contributed by atoms with Crippen LogP contribution in [0.4, 0.5) is 0 Å². The number of nitrogens with zero attached hydrogens (tertiary/aromatic N) is 4. The number of phenols is 1. The lowest BCUT2D eigenvalue weighted by molar-refractivity contribution is 0.103. The molecule has 0 spiro atoms. The summed E-state index contributed by atoms with van der Waals surface area (Å²) in [6.07, 6.45) is 4.05. The second-order valence-electron chi connectivity index (χ2n) is 6.11. The number of hydrogen-bond donors (Lipinski definition) is 1. The number of hydrogen-bond acceptors (Lipinski definition) is 6. The van der Waals surface area contributed by atoms with Gasteiger partial charge < -0.3 is 5.11 Å². The molecule has 2 heterocycles. The molecule has 0 saturated carbocycles. The van der Waals surface area contributed by atoms with Crippen molar-refractivity contribution in [3.63, 3.8) is 0 Å². The van der Waals surface area contributed by atoms with Gasteiger partial charge in [0.2, 0.25) is 10.0 Å². The van der Waals surface area contributed by atoms with E-state index in [1.807, 2.05) is 0 Å². The van der Waals surface area contributed by atoms with Crippen LogP contribution in [-0.2, 0) is 10.0 Å². The highest BCUT2D eigenvalue weighted by atomic mass is 35.5. The molecule has 10 heteroatoms. The monoisotopic (exact) mass is 434 g/mol.